The second-order valence-corrected chi connectivity index (χ2v) is 6.10. The third-order valence-electron chi connectivity index (χ3n) is 4.70. The Balaban J connectivity index is 0.00000484. The number of rotatable bonds is 9. The topological polar surface area (TPSA) is 42.9 Å². The number of hydrogen-bond acceptors (Lipinski definition) is 3. The highest BCUT2D eigenvalue weighted by molar-refractivity contribution is 14.0. The highest BCUT2D eigenvalue weighted by Crippen LogP contribution is 2.15. The van der Waals surface area contributed by atoms with E-state index in [4.69, 9.17) is 4.99 Å². The van der Waals surface area contributed by atoms with Crippen LogP contribution in [0.4, 0.5) is 0 Å². The van der Waals surface area contributed by atoms with Crippen LogP contribution in [-0.2, 0) is 0 Å². The maximum absolute atomic E-state index is 4.78. The highest BCUT2D eigenvalue weighted by atomic mass is 127. The molecule has 1 saturated heterocycles. The first-order valence-electron chi connectivity index (χ1n) is 9.16. The second-order valence-electron chi connectivity index (χ2n) is 6.10. The van der Waals surface area contributed by atoms with Crippen molar-refractivity contribution in [3.8, 4) is 0 Å². The van der Waals surface area contributed by atoms with E-state index in [2.05, 4.69) is 55.1 Å². The number of halogens is 1. The Bertz CT molecular complexity index is 320. The van der Waals surface area contributed by atoms with Gasteiger partial charge < -0.3 is 10.6 Å². The molecule has 23 heavy (non-hydrogen) atoms. The summed E-state index contributed by atoms with van der Waals surface area (Å²) < 4.78 is 0. The number of likely N-dealkylation sites (N-methyl/N-ethyl adjacent to an activating group) is 2. The summed E-state index contributed by atoms with van der Waals surface area (Å²) in [6, 6.07) is 1.15. The summed E-state index contributed by atoms with van der Waals surface area (Å²) in [5.74, 6) is 0.962. The van der Waals surface area contributed by atoms with Crippen LogP contribution in [0.25, 0.3) is 0 Å². The molecule has 0 radical (unpaired) electrons. The number of likely N-dealkylation sites (tertiary alicyclic amines) is 1. The third-order valence-corrected chi connectivity index (χ3v) is 4.70. The zero-order valence-corrected chi connectivity index (χ0v) is 18.1. The van der Waals surface area contributed by atoms with Crippen molar-refractivity contribution in [1.82, 2.24) is 20.4 Å². The number of guanidine groups is 1. The molecule has 0 amide bonds. The van der Waals surface area contributed by atoms with Crippen LogP contribution in [0.2, 0.25) is 0 Å². The van der Waals surface area contributed by atoms with Crippen molar-refractivity contribution >= 4 is 29.9 Å². The van der Waals surface area contributed by atoms with Crippen LogP contribution in [0, 0.1) is 0 Å². The summed E-state index contributed by atoms with van der Waals surface area (Å²) in [7, 11) is 0. The fraction of sp³-hybridized carbons (Fsp3) is 0.941. The van der Waals surface area contributed by atoms with E-state index in [9.17, 15) is 0 Å². The molecule has 2 N–H and O–H groups in total. The first-order chi connectivity index (χ1) is 10.7. The normalized spacial score (nSPS) is 20.4. The molecule has 138 valence electrons. The van der Waals surface area contributed by atoms with Gasteiger partial charge in [0.2, 0.25) is 0 Å². The zero-order chi connectivity index (χ0) is 16.4. The quantitative estimate of drug-likeness (QED) is 0.329. The van der Waals surface area contributed by atoms with Crippen LogP contribution < -0.4 is 10.6 Å². The molecule has 0 spiro atoms. The predicted octanol–water partition coefficient (Wildman–Crippen LogP) is 2.37. The zero-order valence-electron chi connectivity index (χ0n) is 15.8. The van der Waals surface area contributed by atoms with Gasteiger partial charge in [0.25, 0.3) is 0 Å². The lowest BCUT2D eigenvalue weighted by Crippen LogP contribution is -2.45. The average molecular weight is 439 g/mol. The Morgan fingerprint density at radius 3 is 2.48 bits per heavy atom. The SMILES string of the molecule is CCNC(=NCC(C)N(CC)CC)NCC1CCCN1CC.I. The minimum Gasteiger partial charge on any atom is -0.357 e. The molecule has 0 saturated carbocycles. The van der Waals surface area contributed by atoms with Gasteiger partial charge in [-0.3, -0.25) is 14.8 Å². The molecular weight excluding hydrogens is 401 g/mol. The van der Waals surface area contributed by atoms with Gasteiger partial charge in [-0.05, 0) is 52.9 Å². The fourth-order valence-corrected chi connectivity index (χ4v) is 3.28. The largest absolute Gasteiger partial charge is 0.357 e. The van der Waals surface area contributed by atoms with Gasteiger partial charge in [-0.15, -0.1) is 24.0 Å². The molecule has 5 nitrogen and oxygen atoms in total. The number of hydrogen-bond donors (Lipinski definition) is 2. The standard InChI is InChI=1S/C17H37N5.HI/c1-6-18-17(19-13-15(5)21(7-2)8-3)20-14-16-11-10-12-22(16)9-4;/h15-16H,6-14H2,1-5H3,(H2,18,19,20);1H. The van der Waals surface area contributed by atoms with Crippen LogP contribution in [0.3, 0.4) is 0 Å². The molecule has 0 bridgehead atoms. The fourth-order valence-electron chi connectivity index (χ4n) is 3.28. The summed E-state index contributed by atoms with van der Waals surface area (Å²) >= 11 is 0. The minimum atomic E-state index is 0. The minimum absolute atomic E-state index is 0. The van der Waals surface area contributed by atoms with Crippen molar-refractivity contribution in [2.75, 3.05) is 45.8 Å². The molecule has 1 aliphatic rings. The van der Waals surface area contributed by atoms with E-state index in [1.807, 2.05) is 0 Å². The van der Waals surface area contributed by atoms with E-state index in [1.165, 1.54) is 19.4 Å². The second kappa shape index (κ2) is 13.2. The van der Waals surface area contributed by atoms with E-state index in [1.54, 1.807) is 0 Å². The molecule has 1 aliphatic heterocycles. The van der Waals surface area contributed by atoms with Gasteiger partial charge in [0.15, 0.2) is 5.96 Å². The monoisotopic (exact) mass is 439 g/mol. The van der Waals surface area contributed by atoms with Crippen LogP contribution in [-0.4, -0.2) is 73.7 Å². The van der Waals surface area contributed by atoms with Crippen molar-refractivity contribution < 1.29 is 0 Å². The summed E-state index contributed by atoms with van der Waals surface area (Å²) in [4.78, 5) is 9.79. The smallest absolute Gasteiger partial charge is 0.191 e. The average Bonchev–Trinajstić information content (AvgIpc) is 2.98. The Morgan fingerprint density at radius 2 is 1.91 bits per heavy atom. The first-order valence-corrected chi connectivity index (χ1v) is 9.16. The van der Waals surface area contributed by atoms with Gasteiger partial charge in [0.1, 0.15) is 0 Å². The van der Waals surface area contributed by atoms with Crippen LogP contribution in [0.15, 0.2) is 4.99 Å². The van der Waals surface area contributed by atoms with Crippen LogP contribution >= 0.6 is 24.0 Å². The lowest BCUT2D eigenvalue weighted by molar-refractivity contribution is 0.236. The van der Waals surface area contributed by atoms with E-state index in [0.717, 1.165) is 45.2 Å². The van der Waals surface area contributed by atoms with Gasteiger partial charge in [0, 0.05) is 25.2 Å². The molecule has 2 unspecified atom stereocenters. The van der Waals surface area contributed by atoms with Gasteiger partial charge >= 0.3 is 0 Å². The van der Waals surface area contributed by atoms with E-state index in [-0.39, 0.29) is 24.0 Å². The van der Waals surface area contributed by atoms with E-state index in [0.29, 0.717) is 12.1 Å². The van der Waals surface area contributed by atoms with Crippen LogP contribution in [0.5, 0.6) is 0 Å². The molecule has 0 aliphatic carbocycles. The van der Waals surface area contributed by atoms with Crippen molar-refractivity contribution in [2.45, 2.75) is 59.5 Å². The third kappa shape index (κ3) is 8.03. The summed E-state index contributed by atoms with van der Waals surface area (Å²) in [6.07, 6.45) is 2.63. The molecule has 1 rings (SSSR count). The Kier molecular flexibility index (Phi) is 13.2. The number of aliphatic imine (C=N–C) groups is 1. The van der Waals surface area contributed by atoms with Gasteiger partial charge in [-0.2, -0.15) is 0 Å². The van der Waals surface area contributed by atoms with Gasteiger partial charge in [-0.1, -0.05) is 20.8 Å². The molecule has 1 fully saturated rings. The Labute approximate surface area is 160 Å². The lowest BCUT2D eigenvalue weighted by atomic mass is 10.2. The van der Waals surface area contributed by atoms with Gasteiger partial charge in [-0.25, -0.2) is 0 Å². The molecule has 2 atom stereocenters. The van der Waals surface area contributed by atoms with Crippen molar-refractivity contribution in [2.24, 2.45) is 4.99 Å². The van der Waals surface area contributed by atoms with Crippen LogP contribution in [0.1, 0.15) is 47.5 Å². The lowest BCUT2D eigenvalue weighted by Gasteiger charge is -2.26. The van der Waals surface area contributed by atoms with Crippen molar-refractivity contribution in [3.63, 3.8) is 0 Å². The van der Waals surface area contributed by atoms with Crippen molar-refractivity contribution in [1.29, 1.82) is 0 Å². The van der Waals surface area contributed by atoms with E-state index >= 15 is 0 Å². The summed E-state index contributed by atoms with van der Waals surface area (Å²) in [5, 5.41) is 6.91. The summed E-state index contributed by atoms with van der Waals surface area (Å²) in [5.41, 5.74) is 0. The maximum Gasteiger partial charge on any atom is 0.191 e. The predicted molar refractivity (Wildman–Crippen MR) is 112 cm³/mol. The van der Waals surface area contributed by atoms with Crippen molar-refractivity contribution in [3.05, 3.63) is 0 Å². The molecule has 0 aromatic carbocycles. The highest BCUT2D eigenvalue weighted by Gasteiger charge is 2.22. The molecule has 0 aromatic rings. The summed E-state index contributed by atoms with van der Waals surface area (Å²) in [6.45, 7) is 18.4. The number of nitrogens with one attached hydrogen (secondary N) is 2. The molecular formula is C17H38IN5. The first kappa shape index (κ1) is 22.9. The van der Waals surface area contributed by atoms with E-state index < -0.39 is 0 Å². The Hall–Kier alpha value is -0.0800. The Morgan fingerprint density at radius 1 is 1.22 bits per heavy atom. The molecule has 1 heterocycles. The maximum atomic E-state index is 4.78. The number of nitrogens with zero attached hydrogens (tertiary/aromatic N) is 3. The van der Waals surface area contributed by atoms with Gasteiger partial charge in [0.05, 0.1) is 6.54 Å². The molecule has 0 aromatic heterocycles. The molecule has 6 heteroatoms.